The molecule has 4 nitrogen and oxygen atoms in total. The molecule has 1 aliphatic rings. The number of hydrogen-bond acceptors (Lipinski definition) is 3. The third kappa shape index (κ3) is 3.53. The van der Waals surface area contributed by atoms with Crippen LogP contribution in [-0.2, 0) is 6.54 Å². The summed E-state index contributed by atoms with van der Waals surface area (Å²) in [5.41, 5.74) is 4.91. The molecule has 4 heteroatoms. The Balaban J connectivity index is 1.68. The summed E-state index contributed by atoms with van der Waals surface area (Å²) in [6.45, 7) is 5.94. The lowest BCUT2D eigenvalue weighted by atomic mass is 10.1. The van der Waals surface area contributed by atoms with E-state index in [1.54, 1.807) is 7.11 Å². The van der Waals surface area contributed by atoms with Gasteiger partial charge in [0.1, 0.15) is 11.3 Å². The molecule has 0 aliphatic heterocycles. The van der Waals surface area contributed by atoms with Gasteiger partial charge < -0.3 is 14.0 Å². The number of rotatable bonds is 6. The second-order valence-corrected chi connectivity index (χ2v) is 7.62. The number of hydrogen-bond donors (Lipinski definition) is 0. The number of aromatic nitrogens is 2. The monoisotopic (exact) mass is 364 g/mol. The summed E-state index contributed by atoms with van der Waals surface area (Å²) in [5.74, 6) is 2.32. The molecule has 0 radical (unpaired) electrons. The molecule has 1 saturated carbocycles. The Morgan fingerprint density at radius 3 is 2.52 bits per heavy atom. The van der Waals surface area contributed by atoms with Gasteiger partial charge in [-0.1, -0.05) is 25.0 Å². The number of fused-ring (bicyclic) bond motifs is 1. The number of pyridine rings is 1. The summed E-state index contributed by atoms with van der Waals surface area (Å²) in [7, 11) is 1.70. The largest absolute Gasteiger partial charge is 0.497 e. The van der Waals surface area contributed by atoms with E-state index in [9.17, 15) is 0 Å². The van der Waals surface area contributed by atoms with Gasteiger partial charge in [0.2, 0.25) is 5.88 Å². The van der Waals surface area contributed by atoms with Crippen molar-refractivity contribution in [2.45, 2.75) is 46.1 Å². The predicted octanol–water partition coefficient (Wildman–Crippen LogP) is 5.28. The van der Waals surface area contributed by atoms with E-state index in [0.29, 0.717) is 5.92 Å². The SMILES string of the molecule is COc1ccc(Cn2c(C)c(C)c3ccnc(OCC4CCCC4)c32)cc1. The van der Waals surface area contributed by atoms with Crippen LogP contribution in [0.1, 0.15) is 42.5 Å². The van der Waals surface area contributed by atoms with Crippen molar-refractivity contribution in [3.05, 3.63) is 53.3 Å². The highest BCUT2D eigenvalue weighted by molar-refractivity contribution is 5.89. The molecule has 0 N–H and O–H groups in total. The second-order valence-electron chi connectivity index (χ2n) is 7.62. The molecule has 4 rings (SSSR count). The summed E-state index contributed by atoms with van der Waals surface area (Å²) in [5, 5.41) is 1.23. The van der Waals surface area contributed by atoms with Crippen molar-refractivity contribution in [1.29, 1.82) is 0 Å². The van der Waals surface area contributed by atoms with E-state index in [-0.39, 0.29) is 0 Å². The summed E-state index contributed by atoms with van der Waals surface area (Å²) >= 11 is 0. The van der Waals surface area contributed by atoms with Crippen LogP contribution < -0.4 is 9.47 Å². The van der Waals surface area contributed by atoms with E-state index in [1.165, 1.54) is 47.9 Å². The minimum Gasteiger partial charge on any atom is -0.497 e. The lowest BCUT2D eigenvalue weighted by Crippen LogP contribution is -2.10. The van der Waals surface area contributed by atoms with Crippen LogP contribution in [0.5, 0.6) is 11.6 Å². The van der Waals surface area contributed by atoms with Crippen molar-refractivity contribution in [1.82, 2.24) is 9.55 Å². The molecule has 1 aromatic carbocycles. The molecule has 0 unspecified atom stereocenters. The Morgan fingerprint density at radius 1 is 1.07 bits per heavy atom. The van der Waals surface area contributed by atoms with Crippen molar-refractivity contribution in [3.8, 4) is 11.6 Å². The van der Waals surface area contributed by atoms with Crippen LogP contribution >= 0.6 is 0 Å². The fraction of sp³-hybridized carbons (Fsp3) is 0.435. The Bertz CT molecular complexity index is 922. The summed E-state index contributed by atoms with van der Waals surface area (Å²) < 4.78 is 13.9. The minimum atomic E-state index is 0.675. The highest BCUT2D eigenvalue weighted by Gasteiger charge is 2.19. The molecule has 27 heavy (non-hydrogen) atoms. The molecule has 0 bridgehead atoms. The molecule has 2 heterocycles. The molecule has 142 valence electrons. The van der Waals surface area contributed by atoms with Crippen molar-refractivity contribution in [3.63, 3.8) is 0 Å². The average Bonchev–Trinajstić information content (AvgIpc) is 3.30. The fourth-order valence-electron chi connectivity index (χ4n) is 4.15. The van der Waals surface area contributed by atoms with E-state index in [2.05, 4.69) is 41.6 Å². The van der Waals surface area contributed by atoms with Gasteiger partial charge in [-0.25, -0.2) is 4.98 Å². The Hall–Kier alpha value is -2.49. The maximum Gasteiger partial charge on any atom is 0.238 e. The standard InChI is InChI=1S/C23H28N2O2/c1-16-17(2)25(14-18-8-10-20(26-3)11-9-18)22-21(16)12-13-24-23(22)27-15-19-6-4-5-7-19/h8-13,19H,4-7,14-15H2,1-3H3. The Morgan fingerprint density at radius 2 is 1.81 bits per heavy atom. The second kappa shape index (κ2) is 7.63. The number of aryl methyl sites for hydroxylation is 1. The molecular formula is C23H28N2O2. The van der Waals surface area contributed by atoms with Gasteiger partial charge >= 0.3 is 0 Å². The highest BCUT2D eigenvalue weighted by Crippen LogP contribution is 2.33. The average molecular weight is 364 g/mol. The number of ether oxygens (including phenoxy) is 2. The van der Waals surface area contributed by atoms with E-state index in [4.69, 9.17) is 9.47 Å². The smallest absolute Gasteiger partial charge is 0.238 e. The van der Waals surface area contributed by atoms with Gasteiger partial charge in [0.15, 0.2) is 0 Å². The van der Waals surface area contributed by atoms with Crippen LogP contribution in [0.3, 0.4) is 0 Å². The van der Waals surface area contributed by atoms with E-state index < -0.39 is 0 Å². The predicted molar refractivity (Wildman–Crippen MR) is 109 cm³/mol. The Labute approximate surface area is 161 Å². The van der Waals surface area contributed by atoms with Crippen LogP contribution in [0, 0.1) is 19.8 Å². The first-order chi connectivity index (χ1) is 13.2. The van der Waals surface area contributed by atoms with E-state index >= 15 is 0 Å². The summed E-state index contributed by atoms with van der Waals surface area (Å²) in [6.07, 6.45) is 7.09. The topological polar surface area (TPSA) is 36.3 Å². The zero-order chi connectivity index (χ0) is 18.8. The minimum absolute atomic E-state index is 0.675. The number of benzene rings is 1. The lowest BCUT2D eigenvalue weighted by molar-refractivity contribution is 0.245. The van der Waals surface area contributed by atoms with E-state index in [1.807, 2.05) is 18.3 Å². The van der Waals surface area contributed by atoms with Crippen LogP contribution in [0.4, 0.5) is 0 Å². The third-order valence-corrected chi connectivity index (χ3v) is 5.94. The molecule has 0 saturated heterocycles. The normalized spacial score (nSPS) is 14.8. The lowest BCUT2D eigenvalue weighted by Gasteiger charge is -2.14. The summed E-state index contributed by atoms with van der Waals surface area (Å²) in [6, 6.07) is 10.4. The first-order valence-corrected chi connectivity index (χ1v) is 9.87. The van der Waals surface area contributed by atoms with Gasteiger partial charge in [-0.15, -0.1) is 0 Å². The zero-order valence-electron chi connectivity index (χ0n) is 16.5. The van der Waals surface area contributed by atoms with Crippen molar-refractivity contribution < 1.29 is 9.47 Å². The first kappa shape index (κ1) is 17.9. The Kier molecular flexibility index (Phi) is 5.06. The van der Waals surface area contributed by atoms with Crippen LogP contribution in [0.2, 0.25) is 0 Å². The molecule has 1 aliphatic carbocycles. The van der Waals surface area contributed by atoms with Gasteiger partial charge in [0, 0.05) is 23.8 Å². The van der Waals surface area contributed by atoms with Crippen molar-refractivity contribution >= 4 is 10.9 Å². The van der Waals surface area contributed by atoms with Gasteiger partial charge in [-0.05, 0) is 61.9 Å². The molecule has 0 spiro atoms. The van der Waals surface area contributed by atoms with Crippen LogP contribution in [0.25, 0.3) is 10.9 Å². The molecule has 2 aromatic heterocycles. The fourth-order valence-corrected chi connectivity index (χ4v) is 4.15. The maximum atomic E-state index is 6.23. The van der Waals surface area contributed by atoms with Gasteiger partial charge in [-0.2, -0.15) is 0 Å². The van der Waals surface area contributed by atoms with Gasteiger partial charge in [0.05, 0.1) is 13.7 Å². The van der Waals surface area contributed by atoms with E-state index in [0.717, 1.165) is 30.3 Å². The number of nitrogens with zero attached hydrogens (tertiary/aromatic N) is 2. The molecule has 0 atom stereocenters. The van der Waals surface area contributed by atoms with Gasteiger partial charge in [-0.3, -0.25) is 0 Å². The quantitative estimate of drug-likeness (QED) is 0.597. The zero-order valence-corrected chi connectivity index (χ0v) is 16.5. The molecule has 3 aromatic rings. The first-order valence-electron chi connectivity index (χ1n) is 9.87. The van der Waals surface area contributed by atoms with Gasteiger partial charge in [0.25, 0.3) is 0 Å². The molecule has 0 amide bonds. The molecular weight excluding hydrogens is 336 g/mol. The number of methoxy groups -OCH3 is 1. The van der Waals surface area contributed by atoms with Crippen LogP contribution in [0.15, 0.2) is 36.5 Å². The maximum absolute atomic E-state index is 6.23. The van der Waals surface area contributed by atoms with Crippen molar-refractivity contribution in [2.24, 2.45) is 5.92 Å². The summed E-state index contributed by atoms with van der Waals surface area (Å²) in [4.78, 5) is 4.59. The highest BCUT2D eigenvalue weighted by atomic mass is 16.5. The third-order valence-electron chi connectivity index (χ3n) is 5.94. The molecule has 1 fully saturated rings. The van der Waals surface area contributed by atoms with Crippen LogP contribution in [-0.4, -0.2) is 23.3 Å². The van der Waals surface area contributed by atoms with Crippen molar-refractivity contribution in [2.75, 3.05) is 13.7 Å².